The second-order valence-electron chi connectivity index (χ2n) is 6.78. The van der Waals surface area contributed by atoms with Crippen molar-refractivity contribution in [1.29, 1.82) is 0 Å². The van der Waals surface area contributed by atoms with Crippen molar-refractivity contribution in [2.45, 2.75) is 26.8 Å². The Morgan fingerprint density at radius 3 is 2.35 bits per heavy atom. The molecule has 2 unspecified atom stereocenters. The van der Waals surface area contributed by atoms with E-state index in [0.717, 1.165) is 11.1 Å². The molecule has 1 aliphatic rings. The van der Waals surface area contributed by atoms with Gasteiger partial charge < -0.3 is 10.6 Å². The Kier molecular flexibility index (Phi) is 5.16. The highest BCUT2D eigenvalue weighted by Crippen LogP contribution is 2.39. The molecule has 2 amide bonds. The van der Waals surface area contributed by atoms with Crippen LogP contribution in [0.4, 0.5) is 5.69 Å². The van der Waals surface area contributed by atoms with Gasteiger partial charge in [0.1, 0.15) is 0 Å². The molecular formula is C21H22N2O3. The monoisotopic (exact) mass is 350 g/mol. The summed E-state index contributed by atoms with van der Waals surface area (Å²) in [6.07, 6.45) is 0.566. The third-order valence-electron chi connectivity index (χ3n) is 4.57. The van der Waals surface area contributed by atoms with Crippen LogP contribution in [0.1, 0.15) is 34.8 Å². The second kappa shape index (κ2) is 7.52. The fourth-order valence-corrected chi connectivity index (χ4v) is 2.94. The summed E-state index contributed by atoms with van der Waals surface area (Å²) in [4.78, 5) is 35.8. The molecule has 2 aromatic rings. The van der Waals surface area contributed by atoms with E-state index < -0.39 is 0 Å². The summed E-state index contributed by atoms with van der Waals surface area (Å²) in [6.45, 7) is 3.98. The molecule has 0 spiro atoms. The lowest BCUT2D eigenvalue weighted by atomic mass is 10.1. The summed E-state index contributed by atoms with van der Waals surface area (Å²) in [5, 5.41) is 5.71. The van der Waals surface area contributed by atoms with Crippen LogP contribution in [0, 0.1) is 18.8 Å². The minimum Gasteiger partial charge on any atom is -0.352 e. The Labute approximate surface area is 152 Å². The summed E-state index contributed by atoms with van der Waals surface area (Å²) in [5.74, 6) is -0.818. The first-order chi connectivity index (χ1) is 12.4. The third kappa shape index (κ3) is 4.36. The maximum atomic E-state index is 12.3. The van der Waals surface area contributed by atoms with Gasteiger partial charge in [0.25, 0.3) is 0 Å². The first-order valence-corrected chi connectivity index (χ1v) is 8.69. The fourth-order valence-electron chi connectivity index (χ4n) is 2.94. The van der Waals surface area contributed by atoms with Gasteiger partial charge in [0.15, 0.2) is 5.78 Å². The van der Waals surface area contributed by atoms with E-state index in [-0.39, 0.29) is 29.4 Å². The molecule has 0 radical (unpaired) electrons. The lowest BCUT2D eigenvalue weighted by molar-refractivity contribution is -0.125. The maximum absolute atomic E-state index is 12.3. The van der Waals surface area contributed by atoms with Gasteiger partial charge in [0, 0.05) is 17.8 Å². The fraction of sp³-hybridized carbons (Fsp3) is 0.286. The molecule has 5 heteroatoms. The minimum absolute atomic E-state index is 0.0181. The normalized spacial score (nSPS) is 18.1. The minimum atomic E-state index is -0.292. The first-order valence-electron chi connectivity index (χ1n) is 8.69. The average molecular weight is 350 g/mol. The Morgan fingerprint density at radius 2 is 1.69 bits per heavy atom. The van der Waals surface area contributed by atoms with Gasteiger partial charge in [-0.25, -0.2) is 0 Å². The van der Waals surface area contributed by atoms with Crippen LogP contribution >= 0.6 is 0 Å². The van der Waals surface area contributed by atoms with Crippen molar-refractivity contribution < 1.29 is 14.4 Å². The van der Waals surface area contributed by atoms with Gasteiger partial charge in [0.2, 0.25) is 11.8 Å². The molecule has 134 valence electrons. The highest BCUT2D eigenvalue weighted by molar-refractivity contribution is 6.00. The Hall–Kier alpha value is -2.95. The number of carbonyl (C=O) groups is 3. The standard InChI is InChI=1S/C21H22N2O3/c1-13-4-3-5-15(10-13)12-22-20(25)18-11-19(18)21(26)23-17-8-6-16(7-9-17)14(2)24/h3-10,18-19H,11-12H2,1-2H3,(H,22,25)(H,23,26). The summed E-state index contributed by atoms with van der Waals surface area (Å²) in [5.41, 5.74) is 3.43. The van der Waals surface area contributed by atoms with Crippen LogP contribution in [0.25, 0.3) is 0 Å². The van der Waals surface area contributed by atoms with E-state index in [4.69, 9.17) is 0 Å². The first kappa shape index (κ1) is 17.9. The van der Waals surface area contributed by atoms with Crippen molar-refractivity contribution in [2.75, 3.05) is 5.32 Å². The van der Waals surface area contributed by atoms with Gasteiger partial charge in [-0.05, 0) is 50.1 Å². The van der Waals surface area contributed by atoms with Crippen molar-refractivity contribution in [2.24, 2.45) is 11.8 Å². The molecule has 0 aliphatic heterocycles. The average Bonchev–Trinajstić information content (AvgIpc) is 3.41. The summed E-state index contributed by atoms with van der Waals surface area (Å²) in [6, 6.07) is 14.7. The van der Waals surface area contributed by atoms with E-state index in [1.807, 2.05) is 31.2 Å². The predicted molar refractivity (Wildman–Crippen MR) is 99.7 cm³/mol. The Balaban J connectivity index is 1.48. The number of hydrogen-bond donors (Lipinski definition) is 2. The SMILES string of the molecule is CC(=O)c1ccc(NC(=O)C2CC2C(=O)NCc2cccc(C)c2)cc1. The summed E-state index contributed by atoms with van der Waals surface area (Å²) in [7, 11) is 0. The van der Waals surface area contributed by atoms with Crippen molar-refractivity contribution in [3.8, 4) is 0 Å². The number of rotatable bonds is 6. The smallest absolute Gasteiger partial charge is 0.228 e. The second-order valence-corrected chi connectivity index (χ2v) is 6.78. The molecule has 2 aromatic carbocycles. The number of amides is 2. The van der Waals surface area contributed by atoms with E-state index in [1.54, 1.807) is 24.3 Å². The molecule has 2 atom stereocenters. The van der Waals surface area contributed by atoms with Gasteiger partial charge in [-0.15, -0.1) is 0 Å². The molecule has 0 saturated heterocycles. The Morgan fingerprint density at radius 1 is 1.00 bits per heavy atom. The molecular weight excluding hydrogens is 328 g/mol. The maximum Gasteiger partial charge on any atom is 0.228 e. The lowest BCUT2D eigenvalue weighted by Gasteiger charge is -2.07. The quantitative estimate of drug-likeness (QED) is 0.786. The number of ketones is 1. The van der Waals surface area contributed by atoms with E-state index in [2.05, 4.69) is 10.6 Å². The molecule has 2 N–H and O–H groups in total. The highest BCUT2D eigenvalue weighted by atomic mass is 16.2. The van der Waals surface area contributed by atoms with Gasteiger partial charge in [-0.2, -0.15) is 0 Å². The molecule has 0 bridgehead atoms. The number of aryl methyl sites for hydroxylation is 1. The zero-order valence-electron chi connectivity index (χ0n) is 14.9. The molecule has 1 saturated carbocycles. The van der Waals surface area contributed by atoms with E-state index in [1.165, 1.54) is 6.92 Å². The van der Waals surface area contributed by atoms with Crippen LogP contribution in [-0.2, 0) is 16.1 Å². The van der Waals surface area contributed by atoms with Crippen molar-refractivity contribution in [3.05, 3.63) is 65.2 Å². The molecule has 0 aromatic heterocycles. The van der Waals surface area contributed by atoms with E-state index >= 15 is 0 Å². The zero-order valence-corrected chi connectivity index (χ0v) is 14.9. The van der Waals surface area contributed by atoms with Crippen LogP contribution in [-0.4, -0.2) is 17.6 Å². The zero-order chi connectivity index (χ0) is 18.7. The molecule has 0 heterocycles. The van der Waals surface area contributed by atoms with Crippen LogP contribution in [0.5, 0.6) is 0 Å². The number of nitrogens with one attached hydrogen (secondary N) is 2. The van der Waals surface area contributed by atoms with Crippen LogP contribution < -0.4 is 10.6 Å². The number of Topliss-reactive ketones (excluding diaryl/α,β-unsaturated/α-hetero) is 1. The molecule has 1 fully saturated rings. The Bertz CT molecular complexity index is 843. The van der Waals surface area contributed by atoms with Crippen molar-refractivity contribution in [1.82, 2.24) is 5.32 Å². The molecule has 5 nitrogen and oxygen atoms in total. The topological polar surface area (TPSA) is 75.3 Å². The number of hydrogen-bond acceptors (Lipinski definition) is 3. The highest BCUT2D eigenvalue weighted by Gasteiger charge is 2.47. The van der Waals surface area contributed by atoms with Crippen LogP contribution in [0.15, 0.2) is 48.5 Å². The van der Waals surface area contributed by atoms with Gasteiger partial charge >= 0.3 is 0 Å². The molecule has 1 aliphatic carbocycles. The van der Waals surface area contributed by atoms with E-state index in [0.29, 0.717) is 24.2 Å². The number of carbonyl (C=O) groups excluding carboxylic acids is 3. The van der Waals surface area contributed by atoms with Crippen LogP contribution in [0.3, 0.4) is 0 Å². The largest absolute Gasteiger partial charge is 0.352 e. The van der Waals surface area contributed by atoms with Gasteiger partial charge in [-0.1, -0.05) is 29.8 Å². The number of benzene rings is 2. The van der Waals surface area contributed by atoms with Crippen molar-refractivity contribution >= 4 is 23.3 Å². The van der Waals surface area contributed by atoms with Gasteiger partial charge in [-0.3, -0.25) is 14.4 Å². The van der Waals surface area contributed by atoms with E-state index in [9.17, 15) is 14.4 Å². The summed E-state index contributed by atoms with van der Waals surface area (Å²) >= 11 is 0. The summed E-state index contributed by atoms with van der Waals surface area (Å²) < 4.78 is 0. The molecule has 3 rings (SSSR count). The predicted octanol–water partition coefficient (Wildman–Crippen LogP) is 3.09. The number of anilines is 1. The van der Waals surface area contributed by atoms with Crippen LogP contribution in [0.2, 0.25) is 0 Å². The van der Waals surface area contributed by atoms with Crippen molar-refractivity contribution in [3.63, 3.8) is 0 Å². The lowest BCUT2D eigenvalue weighted by Crippen LogP contribution is -2.27. The third-order valence-corrected chi connectivity index (χ3v) is 4.57. The molecule has 26 heavy (non-hydrogen) atoms. The van der Waals surface area contributed by atoms with Gasteiger partial charge in [0.05, 0.1) is 11.8 Å².